The molecule has 240 valence electrons. The van der Waals surface area contributed by atoms with Crippen LogP contribution >= 0.6 is 0 Å². The van der Waals surface area contributed by atoms with Gasteiger partial charge in [-0.3, -0.25) is 48.2 Å². The van der Waals surface area contributed by atoms with Crippen LogP contribution < -0.4 is 37.2 Å². The SMILES string of the molecule is CNC(CC(=O)NCCNC(=O)CCN1C(=O)CC(NC)C1=O)CC(=O)NCCNC(=O)CCN1C(=O)CC(NC)C1=O. The third-order valence-electron chi connectivity index (χ3n) is 7.12. The fourth-order valence-electron chi connectivity index (χ4n) is 4.57. The fraction of sp³-hybridized carbons (Fsp3) is 0.692. The lowest BCUT2D eigenvalue weighted by Crippen LogP contribution is -2.42. The van der Waals surface area contributed by atoms with Crippen molar-refractivity contribution >= 4 is 47.3 Å². The van der Waals surface area contributed by atoms with Crippen LogP contribution in [0.4, 0.5) is 0 Å². The van der Waals surface area contributed by atoms with E-state index in [1.54, 1.807) is 21.1 Å². The molecule has 2 aliphatic rings. The van der Waals surface area contributed by atoms with E-state index in [0.717, 1.165) is 9.80 Å². The predicted molar refractivity (Wildman–Crippen MR) is 152 cm³/mol. The van der Waals surface area contributed by atoms with Gasteiger partial charge in [0.1, 0.15) is 0 Å². The minimum atomic E-state index is -0.558. The van der Waals surface area contributed by atoms with Crippen LogP contribution in [0.5, 0.6) is 0 Å². The number of nitrogens with zero attached hydrogens (tertiary/aromatic N) is 2. The summed E-state index contributed by atoms with van der Waals surface area (Å²) in [4.78, 5) is 98.6. The molecule has 2 atom stereocenters. The zero-order valence-corrected chi connectivity index (χ0v) is 24.9. The van der Waals surface area contributed by atoms with Crippen LogP contribution in [0.15, 0.2) is 0 Å². The number of rotatable bonds is 19. The summed E-state index contributed by atoms with van der Waals surface area (Å²) in [7, 11) is 4.80. The van der Waals surface area contributed by atoms with Gasteiger partial charge in [0.05, 0.1) is 24.9 Å². The molecular weight excluding hydrogens is 566 g/mol. The molecule has 0 spiro atoms. The molecule has 2 aliphatic heterocycles. The number of hydrogen-bond donors (Lipinski definition) is 7. The standard InChI is InChI=1S/C26H43N9O8/c1-27-16(12-21(38)32-8-6-30-19(36)4-10-34-23(40)14-17(28-2)25(34)42)13-22(39)33-9-7-31-20(37)5-11-35-24(41)15-18(29-3)26(35)43/h16-18,27-29H,4-15H2,1-3H3,(H,30,36)(H,31,37)(H,32,38)(H,33,39). The Balaban J connectivity index is 1.54. The summed E-state index contributed by atoms with van der Waals surface area (Å²) in [6.45, 7) is 0.616. The van der Waals surface area contributed by atoms with Crippen LogP contribution in [0.2, 0.25) is 0 Å². The van der Waals surface area contributed by atoms with Crippen molar-refractivity contribution in [1.29, 1.82) is 0 Å². The summed E-state index contributed by atoms with van der Waals surface area (Å²) in [6, 6.07) is -1.56. The Morgan fingerprint density at radius 2 is 0.977 bits per heavy atom. The summed E-state index contributed by atoms with van der Waals surface area (Å²) in [5.74, 6) is -2.71. The molecule has 0 bridgehead atoms. The largest absolute Gasteiger partial charge is 0.354 e. The molecule has 0 radical (unpaired) electrons. The molecule has 0 aromatic heterocycles. The molecule has 2 rings (SSSR count). The minimum absolute atomic E-state index is 0.00699. The number of carbonyl (C=O) groups is 8. The Hall–Kier alpha value is -3.96. The highest BCUT2D eigenvalue weighted by Crippen LogP contribution is 2.13. The number of carbonyl (C=O) groups excluding carboxylic acids is 8. The van der Waals surface area contributed by atoms with E-state index in [2.05, 4.69) is 37.2 Å². The number of amides is 8. The van der Waals surface area contributed by atoms with Crippen molar-refractivity contribution in [2.75, 3.05) is 60.4 Å². The molecular formula is C26H43N9O8. The quantitative estimate of drug-likeness (QED) is 0.0544. The van der Waals surface area contributed by atoms with Gasteiger partial charge in [-0.25, -0.2) is 0 Å². The lowest BCUT2D eigenvalue weighted by Gasteiger charge is -2.16. The number of imide groups is 2. The van der Waals surface area contributed by atoms with Crippen LogP contribution in [0.3, 0.4) is 0 Å². The van der Waals surface area contributed by atoms with Crippen molar-refractivity contribution in [2.45, 2.75) is 56.7 Å². The molecule has 0 saturated carbocycles. The van der Waals surface area contributed by atoms with E-state index in [1.165, 1.54) is 0 Å². The molecule has 2 unspecified atom stereocenters. The molecule has 17 nitrogen and oxygen atoms in total. The summed E-state index contributed by atoms with van der Waals surface area (Å²) >= 11 is 0. The van der Waals surface area contributed by atoms with Gasteiger partial charge < -0.3 is 37.2 Å². The number of likely N-dealkylation sites (tertiary alicyclic amines) is 2. The predicted octanol–water partition coefficient (Wildman–Crippen LogP) is -4.71. The molecule has 7 N–H and O–H groups in total. The Bertz CT molecular complexity index is 989. The summed E-state index contributed by atoms with van der Waals surface area (Å²) < 4.78 is 0. The maximum Gasteiger partial charge on any atom is 0.246 e. The van der Waals surface area contributed by atoms with Gasteiger partial charge in [-0.2, -0.15) is 0 Å². The number of likely N-dealkylation sites (N-methyl/N-ethyl adjacent to an activating group) is 2. The second-order valence-corrected chi connectivity index (χ2v) is 10.2. The molecule has 8 amide bonds. The molecule has 2 saturated heterocycles. The van der Waals surface area contributed by atoms with Gasteiger partial charge in [0.25, 0.3) is 0 Å². The van der Waals surface area contributed by atoms with Crippen LogP contribution in [0.1, 0.15) is 38.5 Å². The van der Waals surface area contributed by atoms with Crippen LogP contribution in [0, 0.1) is 0 Å². The third kappa shape index (κ3) is 11.3. The summed E-state index contributed by atoms with van der Waals surface area (Å²) in [5.41, 5.74) is 0. The van der Waals surface area contributed by atoms with E-state index in [-0.39, 0.29) is 125 Å². The van der Waals surface area contributed by atoms with Crippen molar-refractivity contribution < 1.29 is 38.4 Å². The highest BCUT2D eigenvalue weighted by molar-refractivity contribution is 6.06. The Labute approximate surface area is 250 Å². The first-order valence-electron chi connectivity index (χ1n) is 14.3. The van der Waals surface area contributed by atoms with Crippen LogP contribution in [-0.4, -0.2) is 136 Å². The van der Waals surface area contributed by atoms with Crippen molar-refractivity contribution in [3.8, 4) is 0 Å². The normalized spacial score (nSPS) is 19.0. The molecule has 43 heavy (non-hydrogen) atoms. The summed E-state index contributed by atoms with van der Waals surface area (Å²) in [5, 5.41) is 19.0. The zero-order chi connectivity index (χ0) is 31.9. The van der Waals surface area contributed by atoms with E-state index < -0.39 is 18.1 Å². The van der Waals surface area contributed by atoms with Gasteiger partial charge in [-0.15, -0.1) is 0 Å². The second kappa shape index (κ2) is 17.9. The van der Waals surface area contributed by atoms with Gasteiger partial charge >= 0.3 is 0 Å². The maximum atomic E-state index is 12.3. The lowest BCUT2D eigenvalue weighted by molar-refractivity contribution is -0.141. The molecule has 17 heteroatoms. The Morgan fingerprint density at radius 1 is 0.628 bits per heavy atom. The highest BCUT2D eigenvalue weighted by Gasteiger charge is 2.38. The van der Waals surface area contributed by atoms with Crippen LogP contribution in [0.25, 0.3) is 0 Å². The Morgan fingerprint density at radius 3 is 1.28 bits per heavy atom. The van der Waals surface area contributed by atoms with Gasteiger partial charge in [0.15, 0.2) is 0 Å². The number of hydrogen-bond acceptors (Lipinski definition) is 11. The second-order valence-electron chi connectivity index (χ2n) is 10.2. The smallest absolute Gasteiger partial charge is 0.246 e. The van der Waals surface area contributed by atoms with Gasteiger partial charge in [-0.1, -0.05) is 0 Å². The first-order chi connectivity index (χ1) is 20.5. The maximum absolute atomic E-state index is 12.3. The minimum Gasteiger partial charge on any atom is -0.354 e. The molecule has 2 fully saturated rings. The topological polar surface area (TPSA) is 227 Å². The lowest BCUT2D eigenvalue weighted by atomic mass is 10.1. The van der Waals surface area contributed by atoms with Crippen molar-refractivity contribution in [3.63, 3.8) is 0 Å². The first kappa shape index (κ1) is 35.2. The van der Waals surface area contributed by atoms with E-state index in [4.69, 9.17) is 0 Å². The van der Waals surface area contributed by atoms with Crippen LogP contribution in [-0.2, 0) is 38.4 Å². The van der Waals surface area contributed by atoms with Gasteiger partial charge in [0.2, 0.25) is 47.3 Å². The molecule has 0 aromatic rings. The van der Waals surface area contributed by atoms with E-state index in [0.29, 0.717) is 0 Å². The van der Waals surface area contributed by atoms with Crippen molar-refractivity contribution in [3.05, 3.63) is 0 Å². The average molecular weight is 610 g/mol. The zero-order valence-electron chi connectivity index (χ0n) is 24.9. The Kier molecular flexibility index (Phi) is 14.6. The summed E-state index contributed by atoms with van der Waals surface area (Å²) in [6.07, 6.45) is 0.0962. The van der Waals surface area contributed by atoms with E-state index in [1.807, 2.05) is 0 Å². The van der Waals surface area contributed by atoms with E-state index in [9.17, 15) is 38.4 Å². The monoisotopic (exact) mass is 609 g/mol. The van der Waals surface area contributed by atoms with E-state index >= 15 is 0 Å². The highest BCUT2D eigenvalue weighted by atomic mass is 16.2. The molecule has 0 aliphatic carbocycles. The van der Waals surface area contributed by atoms with Crippen molar-refractivity contribution in [1.82, 2.24) is 47.0 Å². The average Bonchev–Trinajstić information content (AvgIpc) is 3.42. The molecule has 0 aromatic carbocycles. The number of nitrogens with one attached hydrogen (secondary N) is 7. The van der Waals surface area contributed by atoms with Gasteiger partial charge in [-0.05, 0) is 21.1 Å². The van der Waals surface area contributed by atoms with Crippen molar-refractivity contribution in [2.24, 2.45) is 0 Å². The third-order valence-corrected chi connectivity index (χ3v) is 7.12. The first-order valence-corrected chi connectivity index (χ1v) is 14.3. The fourth-order valence-corrected chi connectivity index (χ4v) is 4.57. The van der Waals surface area contributed by atoms with Gasteiger partial charge in [0, 0.05) is 71.0 Å². The molecule has 2 heterocycles.